The Morgan fingerprint density at radius 2 is 2.00 bits per heavy atom. The lowest BCUT2D eigenvalue weighted by molar-refractivity contribution is 0.186. The molecule has 4 rings (SSSR count). The van der Waals surface area contributed by atoms with Crippen molar-refractivity contribution in [2.75, 3.05) is 13.1 Å². The Hall–Kier alpha value is -2.60. The molecule has 1 aliphatic heterocycles. The van der Waals surface area contributed by atoms with Gasteiger partial charge in [-0.3, -0.25) is 14.9 Å². The molecule has 4 heterocycles. The van der Waals surface area contributed by atoms with E-state index in [0.29, 0.717) is 11.8 Å². The second-order valence-corrected chi connectivity index (χ2v) is 6.12. The van der Waals surface area contributed by atoms with E-state index >= 15 is 0 Å². The van der Waals surface area contributed by atoms with Gasteiger partial charge in [-0.25, -0.2) is 0 Å². The lowest BCUT2D eigenvalue weighted by atomic mass is 9.97. The molecule has 1 aliphatic rings. The van der Waals surface area contributed by atoms with E-state index in [4.69, 9.17) is 4.42 Å². The first kappa shape index (κ1) is 15.0. The second kappa shape index (κ2) is 6.88. The number of hydrogen-bond acceptors (Lipinski definition) is 6. The molecule has 1 unspecified atom stereocenters. The molecule has 0 spiro atoms. The molecule has 1 saturated heterocycles. The van der Waals surface area contributed by atoms with Gasteiger partial charge < -0.3 is 4.42 Å². The molecule has 3 aromatic heterocycles. The minimum absolute atomic E-state index is 0.290. The molecular weight excluding hydrogens is 302 g/mol. The van der Waals surface area contributed by atoms with Crippen LogP contribution in [0.25, 0.3) is 11.5 Å². The van der Waals surface area contributed by atoms with Crippen LogP contribution in [0.2, 0.25) is 0 Å². The van der Waals surface area contributed by atoms with Gasteiger partial charge in [0.1, 0.15) is 0 Å². The lowest BCUT2D eigenvalue weighted by Gasteiger charge is -2.30. The maximum absolute atomic E-state index is 5.92. The molecule has 0 amide bonds. The highest BCUT2D eigenvalue weighted by atomic mass is 16.4. The smallest absolute Gasteiger partial charge is 0.247 e. The number of aromatic nitrogens is 4. The first-order chi connectivity index (χ1) is 11.9. The average molecular weight is 321 g/mol. The third-order valence-electron chi connectivity index (χ3n) is 4.35. The fraction of sp³-hybridized carbons (Fsp3) is 0.333. The Labute approximate surface area is 140 Å². The highest BCUT2D eigenvalue weighted by Gasteiger charge is 2.26. The van der Waals surface area contributed by atoms with Crippen LogP contribution >= 0.6 is 0 Å². The molecule has 24 heavy (non-hydrogen) atoms. The van der Waals surface area contributed by atoms with E-state index in [1.54, 1.807) is 12.4 Å². The molecule has 0 saturated carbocycles. The van der Waals surface area contributed by atoms with Crippen LogP contribution in [0, 0.1) is 0 Å². The van der Waals surface area contributed by atoms with Crippen LogP contribution < -0.4 is 0 Å². The van der Waals surface area contributed by atoms with Crippen LogP contribution in [0.4, 0.5) is 0 Å². The summed E-state index contributed by atoms with van der Waals surface area (Å²) in [6, 6.07) is 7.86. The minimum atomic E-state index is 0.290. The summed E-state index contributed by atoms with van der Waals surface area (Å²) in [4.78, 5) is 10.6. The molecular formula is C18H19N5O. The maximum Gasteiger partial charge on any atom is 0.247 e. The van der Waals surface area contributed by atoms with Gasteiger partial charge in [-0.2, -0.15) is 0 Å². The van der Waals surface area contributed by atoms with Gasteiger partial charge in [0.15, 0.2) is 0 Å². The molecule has 6 nitrogen and oxygen atoms in total. The number of rotatable bonds is 4. The number of hydrogen-bond donors (Lipinski definition) is 0. The van der Waals surface area contributed by atoms with Gasteiger partial charge in [0.05, 0.1) is 5.92 Å². The first-order valence-corrected chi connectivity index (χ1v) is 8.23. The summed E-state index contributed by atoms with van der Waals surface area (Å²) in [7, 11) is 0. The second-order valence-electron chi connectivity index (χ2n) is 6.12. The summed E-state index contributed by atoms with van der Waals surface area (Å²) in [5.41, 5.74) is 2.15. The summed E-state index contributed by atoms with van der Waals surface area (Å²) in [6.45, 7) is 2.94. The summed E-state index contributed by atoms with van der Waals surface area (Å²) >= 11 is 0. The third kappa shape index (κ3) is 3.33. The first-order valence-electron chi connectivity index (χ1n) is 8.23. The van der Waals surface area contributed by atoms with Gasteiger partial charge in [-0.1, -0.05) is 6.07 Å². The molecule has 0 radical (unpaired) electrons. The third-order valence-corrected chi connectivity index (χ3v) is 4.35. The van der Waals surface area contributed by atoms with Crippen molar-refractivity contribution in [3.63, 3.8) is 0 Å². The largest absolute Gasteiger partial charge is 0.420 e. The van der Waals surface area contributed by atoms with Gasteiger partial charge in [-0.15, -0.1) is 10.2 Å². The van der Waals surface area contributed by atoms with Crippen LogP contribution in [0.1, 0.15) is 30.2 Å². The zero-order valence-electron chi connectivity index (χ0n) is 13.4. The van der Waals surface area contributed by atoms with Crippen LogP contribution in [-0.2, 0) is 6.54 Å². The number of piperidine rings is 1. The molecule has 0 aromatic carbocycles. The van der Waals surface area contributed by atoms with E-state index in [0.717, 1.165) is 43.9 Å². The Kier molecular flexibility index (Phi) is 4.29. The highest BCUT2D eigenvalue weighted by molar-refractivity contribution is 5.50. The fourth-order valence-corrected chi connectivity index (χ4v) is 3.16. The Morgan fingerprint density at radius 3 is 2.83 bits per heavy atom. The van der Waals surface area contributed by atoms with Crippen molar-refractivity contribution in [3.8, 4) is 11.5 Å². The molecule has 0 N–H and O–H groups in total. The molecule has 122 valence electrons. The molecule has 0 bridgehead atoms. The summed E-state index contributed by atoms with van der Waals surface area (Å²) in [6.07, 6.45) is 9.42. The van der Waals surface area contributed by atoms with Crippen molar-refractivity contribution < 1.29 is 4.42 Å². The monoisotopic (exact) mass is 321 g/mol. The van der Waals surface area contributed by atoms with Gasteiger partial charge in [0, 0.05) is 43.4 Å². The SMILES string of the molecule is c1cncc(CN2CCCC(c3nnc(-c4ccncc4)o3)C2)c1. The summed E-state index contributed by atoms with van der Waals surface area (Å²) in [5.74, 6) is 1.59. The van der Waals surface area contributed by atoms with E-state index in [9.17, 15) is 0 Å². The maximum atomic E-state index is 5.92. The van der Waals surface area contributed by atoms with Crippen molar-refractivity contribution in [2.24, 2.45) is 0 Å². The van der Waals surface area contributed by atoms with Crippen LogP contribution in [-0.4, -0.2) is 38.2 Å². The predicted molar refractivity (Wildman–Crippen MR) is 89.0 cm³/mol. The van der Waals surface area contributed by atoms with Crippen LogP contribution in [0.3, 0.4) is 0 Å². The zero-order chi connectivity index (χ0) is 16.2. The van der Waals surface area contributed by atoms with E-state index in [-0.39, 0.29) is 0 Å². The molecule has 3 aromatic rings. The highest BCUT2D eigenvalue weighted by Crippen LogP contribution is 2.28. The van der Waals surface area contributed by atoms with Crippen LogP contribution in [0.5, 0.6) is 0 Å². The fourth-order valence-electron chi connectivity index (χ4n) is 3.16. The van der Waals surface area contributed by atoms with Crippen LogP contribution in [0.15, 0.2) is 53.5 Å². The standard InChI is InChI=1S/C18H19N5O/c1-3-14(11-20-7-1)12-23-10-2-4-16(13-23)18-22-21-17(24-18)15-5-8-19-9-6-15/h1,3,5-9,11,16H,2,4,10,12-13H2. The van der Waals surface area contributed by atoms with Crippen molar-refractivity contribution in [3.05, 3.63) is 60.5 Å². The Balaban J connectivity index is 1.45. The summed E-state index contributed by atoms with van der Waals surface area (Å²) < 4.78 is 5.92. The average Bonchev–Trinajstić information content (AvgIpc) is 3.14. The molecule has 0 aliphatic carbocycles. The predicted octanol–water partition coefficient (Wildman–Crippen LogP) is 2.91. The van der Waals surface area contributed by atoms with Crippen molar-refractivity contribution in [2.45, 2.75) is 25.3 Å². The summed E-state index contributed by atoms with van der Waals surface area (Å²) in [5, 5.41) is 8.48. The quantitative estimate of drug-likeness (QED) is 0.736. The minimum Gasteiger partial charge on any atom is -0.420 e. The lowest BCUT2D eigenvalue weighted by Crippen LogP contribution is -2.34. The van der Waals surface area contributed by atoms with Gasteiger partial charge in [0.2, 0.25) is 11.8 Å². The van der Waals surface area contributed by atoms with Gasteiger partial charge >= 0.3 is 0 Å². The topological polar surface area (TPSA) is 67.9 Å². The van der Waals surface area contributed by atoms with Crippen molar-refractivity contribution in [1.29, 1.82) is 0 Å². The van der Waals surface area contributed by atoms with Crippen molar-refractivity contribution in [1.82, 2.24) is 25.1 Å². The number of pyridine rings is 2. The number of likely N-dealkylation sites (tertiary alicyclic amines) is 1. The zero-order valence-corrected chi connectivity index (χ0v) is 13.4. The normalized spacial score (nSPS) is 18.6. The van der Waals surface area contributed by atoms with Gasteiger partial charge in [0.25, 0.3) is 0 Å². The van der Waals surface area contributed by atoms with E-state index in [1.165, 1.54) is 5.56 Å². The van der Waals surface area contributed by atoms with E-state index in [1.807, 2.05) is 30.6 Å². The van der Waals surface area contributed by atoms with E-state index < -0.39 is 0 Å². The molecule has 1 atom stereocenters. The Morgan fingerprint density at radius 1 is 1.08 bits per heavy atom. The van der Waals surface area contributed by atoms with Crippen molar-refractivity contribution >= 4 is 0 Å². The molecule has 6 heteroatoms. The van der Waals surface area contributed by atoms with E-state index in [2.05, 4.69) is 31.1 Å². The molecule has 1 fully saturated rings. The van der Waals surface area contributed by atoms with Gasteiger partial charge in [-0.05, 0) is 43.1 Å². The Bertz CT molecular complexity index is 774. The number of nitrogens with zero attached hydrogens (tertiary/aromatic N) is 5.